The number of ether oxygens (including phenoxy) is 2. The largest absolute Gasteiger partial charge is 0.491 e. The van der Waals surface area contributed by atoms with Crippen LogP contribution in [0.1, 0.15) is 16.1 Å². The molecular weight excluding hydrogens is 347 g/mol. The van der Waals surface area contributed by atoms with Crippen LogP contribution in [-0.2, 0) is 4.74 Å². The van der Waals surface area contributed by atoms with Gasteiger partial charge in [0.2, 0.25) is 0 Å². The third-order valence-electron chi connectivity index (χ3n) is 3.89. The standard InChI is InChI=1S/C18H18ClFN2O3/c1-12-2-7-16(17(19)21-12)18(23)22-8-9-24-15(10-22)11-25-14-5-3-13(20)4-6-14/h2-7,15H,8-11H2,1H3/t15-/m0/s1. The Hall–Kier alpha value is -2.18. The smallest absolute Gasteiger partial charge is 0.257 e. The van der Waals surface area contributed by atoms with E-state index in [1.165, 1.54) is 12.1 Å². The Morgan fingerprint density at radius 2 is 2.12 bits per heavy atom. The summed E-state index contributed by atoms with van der Waals surface area (Å²) in [5.74, 6) is 0.0634. The van der Waals surface area contributed by atoms with E-state index in [1.54, 1.807) is 29.2 Å². The summed E-state index contributed by atoms with van der Waals surface area (Å²) in [6.45, 7) is 3.38. The molecule has 1 fully saturated rings. The molecule has 0 N–H and O–H groups in total. The molecule has 1 aliphatic rings. The van der Waals surface area contributed by atoms with Crippen LogP contribution in [-0.4, -0.2) is 48.2 Å². The number of rotatable bonds is 4. The second-order valence-electron chi connectivity index (χ2n) is 5.80. The topological polar surface area (TPSA) is 51.7 Å². The van der Waals surface area contributed by atoms with Crippen LogP contribution in [0, 0.1) is 12.7 Å². The van der Waals surface area contributed by atoms with E-state index in [4.69, 9.17) is 21.1 Å². The lowest BCUT2D eigenvalue weighted by atomic mass is 10.2. The molecule has 1 saturated heterocycles. The van der Waals surface area contributed by atoms with Gasteiger partial charge in [0.1, 0.15) is 29.4 Å². The molecule has 1 amide bonds. The number of aromatic nitrogens is 1. The first-order chi connectivity index (χ1) is 12.0. The molecule has 25 heavy (non-hydrogen) atoms. The molecule has 0 unspecified atom stereocenters. The summed E-state index contributed by atoms with van der Waals surface area (Å²) >= 11 is 6.09. The summed E-state index contributed by atoms with van der Waals surface area (Å²) in [5.41, 5.74) is 1.14. The van der Waals surface area contributed by atoms with Crippen LogP contribution in [0.25, 0.3) is 0 Å². The van der Waals surface area contributed by atoms with Gasteiger partial charge in [0.25, 0.3) is 5.91 Å². The molecule has 1 aliphatic heterocycles. The Morgan fingerprint density at radius 3 is 2.84 bits per heavy atom. The molecule has 0 aliphatic carbocycles. The molecule has 5 nitrogen and oxygen atoms in total. The van der Waals surface area contributed by atoms with E-state index in [0.29, 0.717) is 31.0 Å². The SMILES string of the molecule is Cc1ccc(C(=O)N2CCO[C@H](COc3ccc(F)cc3)C2)c(Cl)n1. The van der Waals surface area contributed by atoms with Crippen LogP contribution >= 0.6 is 11.6 Å². The average molecular weight is 365 g/mol. The highest BCUT2D eigenvalue weighted by molar-refractivity contribution is 6.32. The van der Waals surface area contributed by atoms with Crippen molar-refractivity contribution in [3.63, 3.8) is 0 Å². The highest BCUT2D eigenvalue weighted by atomic mass is 35.5. The number of carbonyl (C=O) groups excluding carboxylic acids is 1. The molecule has 0 bridgehead atoms. The predicted molar refractivity (Wildman–Crippen MR) is 91.5 cm³/mol. The summed E-state index contributed by atoms with van der Waals surface area (Å²) in [6.07, 6.45) is -0.264. The molecule has 7 heteroatoms. The summed E-state index contributed by atoms with van der Waals surface area (Å²) in [4.78, 5) is 18.5. The average Bonchev–Trinajstić information content (AvgIpc) is 2.61. The molecule has 0 saturated carbocycles. The van der Waals surface area contributed by atoms with Crippen LogP contribution in [0.5, 0.6) is 5.75 Å². The minimum absolute atomic E-state index is 0.174. The van der Waals surface area contributed by atoms with E-state index in [0.717, 1.165) is 5.69 Å². The van der Waals surface area contributed by atoms with Gasteiger partial charge >= 0.3 is 0 Å². The predicted octanol–water partition coefficient (Wildman–Crippen LogP) is 3.10. The normalized spacial score (nSPS) is 17.4. The quantitative estimate of drug-likeness (QED) is 0.782. The molecule has 1 atom stereocenters. The maximum atomic E-state index is 12.9. The molecule has 1 aromatic heterocycles. The van der Waals surface area contributed by atoms with Crippen molar-refractivity contribution < 1.29 is 18.7 Å². The first kappa shape index (κ1) is 17.6. The summed E-state index contributed by atoms with van der Waals surface area (Å²) in [5, 5.41) is 0.204. The van der Waals surface area contributed by atoms with Gasteiger partial charge in [-0.3, -0.25) is 4.79 Å². The molecule has 0 radical (unpaired) electrons. The van der Waals surface area contributed by atoms with Gasteiger partial charge in [-0.15, -0.1) is 0 Å². The lowest BCUT2D eigenvalue weighted by Crippen LogP contribution is -2.47. The number of pyridine rings is 1. The zero-order valence-electron chi connectivity index (χ0n) is 13.7. The third kappa shape index (κ3) is 4.46. The second kappa shape index (κ2) is 7.80. The van der Waals surface area contributed by atoms with E-state index in [-0.39, 0.29) is 29.6 Å². The van der Waals surface area contributed by atoms with Gasteiger partial charge in [0, 0.05) is 12.2 Å². The fraction of sp³-hybridized carbons (Fsp3) is 0.333. The Kier molecular flexibility index (Phi) is 5.50. The van der Waals surface area contributed by atoms with E-state index in [2.05, 4.69) is 4.98 Å². The minimum atomic E-state index is -0.318. The monoisotopic (exact) mass is 364 g/mol. The van der Waals surface area contributed by atoms with Crippen molar-refractivity contribution in [1.29, 1.82) is 0 Å². The van der Waals surface area contributed by atoms with Crippen molar-refractivity contribution in [1.82, 2.24) is 9.88 Å². The van der Waals surface area contributed by atoms with Gasteiger partial charge < -0.3 is 14.4 Å². The Balaban J connectivity index is 1.60. The fourth-order valence-electron chi connectivity index (χ4n) is 2.58. The number of amides is 1. The van der Waals surface area contributed by atoms with Gasteiger partial charge in [-0.1, -0.05) is 11.6 Å². The number of morpholine rings is 1. The lowest BCUT2D eigenvalue weighted by Gasteiger charge is -2.33. The summed E-state index contributed by atoms with van der Waals surface area (Å²) < 4.78 is 24.2. The number of aryl methyl sites for hydroxylation is 1. The zero-order valence-corrected chi connectivity index (χ0v) is 14.5. The molecule has 132 valence electrons. The van der Waals surface area contributed by atoms with Crippen molar-refractivity contribution in [2.75, 3.05) is 26.3 Å². The van der Waals surface area contributed by atoms with Crippen LogP contribution in [0.2, 0.25) is 5.15 Å². The van der Waals surface area contributed by atoms with Crippen molar-refractivity contribution in [3.05, 3.63) is 58.6 Å². The van der Waals surface area contributed by atoms with Crippen LogP contribution < -0.4 is 4.74 Å². The van der Waals surface area contributed by atoms with E-state index < -0.39 is 0 Å². The van der Waals surface area contributed by atoms with Crippen molar-refractivity contribution in [2.45, 2.75) is 13.0 Å². The molecule has 1 aromatic carbocycles. The van der Waals surface area contributed by atoms with Gasteiger partial charge in [0.05, 0.1) is 18.7 Å². The van der Waals surface area contributed by atoms with Crippen molar-refractivity contribution >= 4 is 17.5 Å². The lowest BCUT2D eigenvalue weighted by molar-refractivity contribution is -0.0401. The highest BCUT2D eigenvalue weighted by Gasteiger charge is 2.27. The van der Waals surface area contributed by atoms with Crippen LogP contribution in [0.15, 0.2) is 36.4 Å². The molecule has 3 rings (SSSR count). The molecule has 2 heterocycles. The first-order valence-electron chi connectivity index (χ1n) is 7.95. The number of nitrogens with zero attached hydrogens (tertiary/aromatic N) is 2. The Labute approximate surface area is 150 Å². The number of carbonyl (C=O) groups is 1. The number of halogens is 2. The van der Waals surface area contributed by atoms with Crippen molar-refractivity contribution in [3.8, 4) is 5.75 Å². The van der Waals surface area contributed by atoms with Crippen LogP contribution in [0.4, 0.5) is 4.39 Å². The summed E-state index contributed by atoms with van der Waals surface area (Å²) in [6, 6.07) is 9.22. The van der Waals surface area contributed by atoms with E-state index in [1.807, 2.05) is 6.92 Å². The van der Waals surface area contributed by atoms with E-state index >= 15 is 0 Å². The third-order valence-corrected chi connectivity index (χ3v) is 4.18. The Bertz CT molecular complexity index is 754. The van der Waals surface area contributed by atoms with E-state index in [9.17, 15) is 9.18 Å². The maximum Gasteiger partial charge on any atom is 0.257 e. The first-order valence-corrected chi connectivity index (χ1v) is 8.33. The van der Waals surface area contributed by atoms with Gasteiger partial charge in [-0.2, -0.15) is 0 Å². The second-order valence-corrected chi connectivity index (χ2v) is 6.16. The number of hydrogen-bond acceptors (Lipinski definition) is 4. The Morgan fingerprint density at radius 1 is 1.36 bits per heavy atom. The number of hydrogen-bond donors (Lipinski definition) is 0. The fourth-order valence-corrected chi connectivity index (χ4v) is 2.86. The van der Waals surface area contributed by atoms with Crippen molar-refractivity contribution in [2.24, 2.45) is 0 Å². The zero-order chi connectivity index (χ0) is 17.8. The molecular formula is C18H18ClFN2O3. The maximum absolute atomic E-state index is 12.9. The number of benzene rings is 1. The highest BCUT2D eigenvalue weighted by Crippen LogP contribution is 2.18. The van der Waals surface area contributed by atoms with Gasteiger partial charge in [-0.25, -0.2) is 9.37 Å². The minimum Gasteiger partial charge on any atom is -0.491 e. The van der Waals surface area contributed by atoms with Gasteiger partial charge in [0.15, 0.2) is 0 Å². The summed E-state index contributed by atoms with van der Waals surface area (Å²) in [7, 11) is 0. The molecule has 0 spiro atoms. The molecule has 2 aromatic rings. The van der Waals surface area contributed by atoms with Gasteiger partial charge in [-0.05, 0) is 43.3 Å². The van der Waals surface area contributed by atoms with Crippen LogP contribution in [0.3, 0.4) is 0 Å².